The fourth-order valence-corrected chi connectivity index (χ4v) is 1.84. The maximum atomic E-state index is 12.8. The number of ether oxygens (including phenoxy) is 1. The Bertz CT molecular complexity index is 310. The molecular formula is C12H16FNO. The average molecular weight is 209 g/mol. The van der Waals surface area contributed by atoms with Crippen LogP contribution in [0.3, 0.4) is 0 Å². The van der Waals surface area contributed by atoms with Gasteiger partial charge in [0.2, 0.25) is 0 Å². The second-order valence-corrected chi connectivity index (χ2v) is 3.94. The number of benzene rings is 1. The summed E-state index contributed by atoms with van der Waals surface area (Å²) >= 11 is 0. The molecule has 1 saturated heterocycles. The number of hydrogen-bond acceptors (Lipinski definition) is 2. The Hall–Kier alpha value is -0.930. The first-order valence-corrected chi connectivity index (χ1v) is 5.40. The van der Waals surface area contributed by atoms with E-state index in [-0.39, 0.29) is 5.82 Å². The van der Waals surface area contributed by atoms with Crippen LogP contribution < -0.4 is 5.32 Å². The Morgan fingerprint density at radius 1 is 1.47 bits per heavy atom. The van der Waals surface area contributed by atoms with Crippen molar-refractivity contribution < 1.29 is 9.13 Å². The lowest BCUT2D eigenvalue weighted by molar-refractivity contribution is 0.103. The van der Waals surface area contributed by atoms with Gasteiger partial charge in [0, 0.05) is 6.04 Å². The summed E-state index contributed by atoms with van der Waals surface area (Å²) in [6, 6.07) is 7.04. The lowest BCUT2D eigenvalue weighted by atomic mass is 10.2. The average Bonchev–Trinajstić information content (AvgIpc) is 2.71. The molecule has 0 spiro atoms. The SMILES string of the molecule is Fc1cccc(COC[C@H]2CCCN2)c1. The summed E-state index contributed by atoms with van der Waals surface area (Å²) in [6.07, 6.45) is 2.41. The molecule has 1 heterocycles. The molecule has 0 radical (unpaired) electrons. The molecule has 15 heavy (non-hydrogen) atoms. The minimum atomic E-state index is -0.199. The molecule has 0 bridgehead atoms. The van der Waals surface area contributed by atoms with Crippen molar-refractivity contribution in [1.29, 1.82) is 0 Å². The van der Waals surface area contributed by atoms with Gasteiger partial charge in [-0.3, -0.25) is 0 Å². The van der Waals surface area contributed by atoms with Crippen molar-refractivity contribution in [2.45, 2.75) is 25.5 Å². The molecule has 1 atom stereocenters. The van der Waals surface area contributed by atoms with E-state index in [4.69, 9.17) is 4.74 Å². The zero-order valence-corrected chi connectivity index (χ0v) is 8.71. The van der Waals surface area contributed by atoms with Gasteiger partial charge in [-0.05, 0) is 37.1 Å². The molecule has 0 amide bonds. The van der Waals surface area contributed by atoms with E-state index in [0.717, 1.165) is 18.7 Å². The first kappa shape index (κ1) is 10.6. The van der Waals surface area contributed by atoms with Crippen molar-refractivity contribution in [3.63, 3.8) is 0 Å². The summed E-state index contributed by atoms with van der Waals surface area (Å²) in [5.74, 6) is -0.199. The predicted molar refractivity (Wildman–Crippen MR) is 57.1 cm³/mol. The third-order valence-corrected chi connectivity index (χ3v) is 2.64. The molecule has 0 unspecified atom stereocenters. The van der Waals surface area contributed by atoms with Gasteiger partial charge in [-0.15, -0.1) is 0 Å². The quantitative estimate of drug-likeness (QED) is 0.820. The van der Waals surface area contributed by atoms with E-state index in [9.17, 15) is 4.39 Å². The number of rotatable bonds is 4. The van der Waals surface area contributed by atoms with Gasteiger partial charge in [-0.25, -0.2) is 4.39 Å². The summed E-state index contributed by atoms with van der Waals surface area (Å²) < 4.78 is 18.4. The topological polar surface area (TPSA) is 21.3 Å². The molecule has 2 rings (SSSR count). The molecule has 1 aliphatic rings. The Morgan fingerprint density at radius 2 is 2.40 bits per heavy atom. The van der Waals surface area contributed by atoms with E-state index in [1.165, 1.54) is 25.0 Å². The third-order valence-electron chi connectivity index (χ3n) is 2.64. The molecule has 2 nitrogen and oxygen atoms in total. The van der Waals surface area contributed by atoms with Gasteiger partial charge < -0.3 is 10.1 Å². The van der Waals surface area contributed by atoms with Gasteiger partial charge in [0.1, 0.15) is 5.82 Å². The highest BCUT2D eigenvalue weighted by atomic mass is 19.1. The molecule has 0 aromatic heterocycles. The molecular weight excluding hydrogens is 193 g/mol. The van der Waals surface area contributed by atoms with Crippen LogP contribution in [-0.4, -0.2) is 19.2 Å². The molecule has 1 N–H and O–H groups in total. The van der Waals surface area contributed by atoms with E-state index in [0.29, 0.717) is 12.6 Å². The molecule has 0 saturated carbocycles. The first-order valence-electron chi connectivity index (χ1n) is 5.40. The van der Waals surface area contributed by atoms with Crippen molar-refractivity contribution in [2.24, 2.45) is 0 Å². The predicted octanol–water partition coefficient (Wildman–Crippen LogP) is 2.09. The lowest BCUT2D eigenvalue weighted by Gasteiger charge is -2.10. The van der Waals surface area contributed by atoms with E-state index in [1.807, 2.05) is 6.07 Å². The Balaban J connectivity index is 1.73. The van der Waals surface area contributed by atoms with Gasteiger partial charge >= 0.3 is 0 Å². The van der Waals surface area contributed by atoms with Crippen LogP contribution in [0.4, 0.5) is 4.39 Å². The Kier molecular flexibility index (Phi) is 3.69. The lowest BCUT2D eigenvalue weighted by Crippen LogP contribution is -2.26. The third kappa shape index (κ3) is 3.29. The van der Waals surface area contributed by atoms with Gasteiger partial charge in [0.15, 0.2) is 0 Å². The fourth-order valence-electron chi connectivity index (χ4n) is 1.84. The zero-order valence-electron chi connectivity index (χ0n) is 8.71. The summed E-state index contributed by atoms with van der Waals surface area (Å²) in [6.45, 7) is 2.31. The second kappa shape index (κ2) is 5.24. The molecule has 1 aliphatic heterocycles. The molecule has 1 fully saturated rings. The van der Waals surface area contributed by atoms with Gasteiger partial charge in [0.05, 0.1) is 13.2 Å². The minimum absolute atomic E-state index is 0.199. The summed E-state index contributed by atoms with van der Waals surface area (Å²) in [5, 5.41) is 3.36. The van der Waals surface area contributed by atoms with Crippen molar-refractivity contribution in [2.75, 3.05) is 13.2 Å². The molecule has 82 valence electrons. The van der Waals surface area contributed by atoms with Crippen LogP contribution in [0.1, 0.15) is 18.4 Å². The van der Waals surface area contributed by atoms with Crippen LogP contribution in [-0.2, 0) is 11.3 Å². The number of hydrogen-bond donors (Lipinski definition) is 1. The standard InChI is InChI=1S/C12H16FNO/c13-11-4-1-3-10(7-11)8-15-9-12-5-2-6-14-12/h1,3-4,7,12,14H,2,5-6,8-9H2/t12-/m1/s1. The van der Waals surface area contributed by atoms with Crippen LogP contribution in [0.15, 0.2) is 24.3 Å². The van der Waals surface area contributed by atoms with Gasteiger partial charge in [-0.2, -0.15) is 0 Å². The summed E-state index contributed by atoms with van der Waals surface area (Å²) in [7, 11) is 0. The molecule has 1 aromatic rings. The minimum Gasteiger partial charge on any atom is -0.375 e. The second-order valence-electron chi connectivity index (χ2n) is 3.94. The maximum Gasteiger partial charge on any atom is 0.123 e. The highest BCUT2D eigenvalue weighted by molar-refractivity contribution is 5.15. The highest BCUT2D eigenvalue weighted by Crippen LogP contribution is 2.08. The summed E-state index contributed by atoms with van der Waals surface area (Å²) in [5.41, 5.74) is 0.896. The summed E-state index contributed by atoms with van der Waals surface area (Å²) in [4.78, 5) is 0. The number of halogens is 1. The largest absolute Gasteiger partial charge is 0.375 e. The van der Waals surface area contributed by atoms with E-state index < -0.39 is 0 Å². The zero-order chi connectivity index (χ0) is 10.5. The van der Waals surface area contributed by atoms with Crippen molar-refractivity contribution in [1.82, 2.24) is 5.32 Å². The Morgan fingerprint density at radius 3 is 3.13 bits per heavy atom. The van der Waals surface area contributed by atoms with Gasteiger partial charge in [0.25, 0.3) is 0 Å². The van der Waals surface area contributed by atoms with Crippen LogP contribution in [0, 0.1) is 5.82 Å². The normalized spacial score (nSPS) is 20.7. The van der Waals surface area contributed by atoms with Crippen LogP contribution in [0.25, 0.3) is 0 Å². The maximum absolute atomic E-state index is 12.8. The molecule has 0 aliphatic carbocycles. The van der Waals surface area contributed by atoms with Gasteiger partial charge in [-0.1, -0.05) is 12.1 Å². The molecule has 1 aromatic carbocycles. The van der Waals surface area contributed by atoms with E-state index in [2.05, 4.69) is 5.32 Å². The molecule has 3 heteroatoms. The van der Waals surface area contributed by atoms with Crippen LogP contribution in [0.5, 0.6) is 0 Å². The van der Waals surface area contributed by atoms with E-state index in [1.54, 1.807) is 6.07 Å². The first-order chi connectivity index (χ1) is 7.34. The Labute approximate surface area is 89.4 Å². The van der Waals surface area contributed by atoms with Crippen LogP contribution in [0.2, 0.25) is 0 Å². The smallest absolute Gasteiger partial charge is 0.123 e. The van der Waals surface area contributed by atoms with Crippen LogP contribution >= 0.6 is 0 Å². The highest BCUT2D eigenvalue weighted by Gasteiger charge is 2.13. The monoisotopic (exact) mass is 209 g/mol. The van der Waals surface area contributed by atoms with Crippen molar-refractivity contribution >= 4 is 0 Å². The number of nitrogens with one attached hydrogen (secondary N) is 1. The van der Waals surface area contributed by atoms with E-state index >= 15 is 0 Å². The van der Waals surface area contributed by atoms with Crippen molar-refractivity contribution in [3.05, 3.63) is 35.6 Å². The van der Waals surface area contributed by atoms with Crippen molar-refractivity contribution in [3.8, 4) is 0 Å². The fraction of sp³-hybridized carbons (Fsp3) is 0.500.